The second-order valence-corrected chi connectivity index (χ2v) is 6.29. The van der Waals surface area contributed by atoms with Gasteiger partial charge in [-0.1, -0.05) is 0 Å². The number of anilines is 2. The number of carbonyl (C=O) groups excluding carboxylic acids is 1. The van der Waals surface area contributed by atoms with E-state index in [2.05, 4.69) is 10.0 Å². The van der Waals surface area contributed by atoms with Crippen LogP contribution >= 0.6 is 0 Å². The molecule has 1 heterocycles. The summed E-state index contributed by atoms with van der Waals surface area (Å²) in [6.45, 7) is -0.0757. The highest BCUT2D eigenvalue weighted by molar-refractivity contribution is 7.92. The molecular formula is C14H11FN2O4S. The van der Waals surface area contributed by atoms with Crippen molar-refractivity contribution >= 4 is 27.3 Å². The van der Waals surface area contributed by atoms with Gasteiger partial charge < -0.3 is 10.1 Å². The second kappa shape index (κ2) is 5.30. The van der Waals surface area contributed by atoms with E-state index in [1.165, 1.54) is 24.3 Å². The number of benzene rings is 2. The summed E-state index contributed by atoms with van der Waals surface area (Å²) >= 11 is 0. The van der Waals surface area contributed by atoms with Crippen molar-refractivity contribution in [1.29, 1.82) is 0 Å². The summed E-state index contributed by atoms with van der Waals surface area (Å²) in [5, 5.41) is 2.58. The largest absolute Gasteiger partial charge is 0.482 e. The number of rotatable bonds is 3. The maximum atomic E-state index is 12.9. The molecule has 0 saturated carbocycles. The molecule has 0 unspecified atom stereocenters. The van der Waals surface area contributed by atoms with Gasteiger partial charge in [0.05, 0.1) is 16.3 Å². The summed E-state index contributed by atoms with van der Waals surface area (Å²) < 4.78 is 44.8. The summed E-state index contributed by atoms with van der Waals surface area (Å²) in [6, 6.07) is 8.98. The van der Waals surface area contributed by atoms with Crippen molar-refractivity contribution in [3.63, 3.8) is 0 Å². The number of nitrogens with one attached hydrogen (secondary N) is 2. The van der Waals surface area contributed by atoms with Gasteiger partial charge >= 0.3 is 0 Å². The van der Waals surface area contributed by atoms with Crippen molar-refractivity contribution < 1.29 is 22.3 Å². The Kier molecular flexibility index (Phi) is 3.45. The van der Waals surface area contributed by atoms with Crippen molar-refractivity contribution in [3.8, 4) is 5.75 Å². The van der Waals surface area contributed by atoms with E-state index in [0.29, 0.717) is 11.4 Å². The number of hydrogen-bond acceptors (Lipinski definition) is 4. The first-order chi connectivity index (χ1) is 10.4. The molecular weight excluding hydrogens is 311 g/mol. The Hall–Kier alpha value is -2.61. The Bertz CT molecular complexity index is 834. The lowest BCUT2D eigenvalue weighted by atomic mass is 10.2. The first kappa shape index (κ1) is 14.3. The van der Waals surface area contributed by atoms with Crippen LogP contribution in [0.3, 0.4) is 0 Å². The van der Waals surface area contributed by atoms with Crippen LogP contribution in [-0.4, -0.2) is 20.9 Å². The van der Waals surface area contributed by atoms with Crippen molar-refractivity contribution in [2.24, 2.45) is 0 Å². The summed E-state index contributed by atoms with van der Waals surface area (Å²) in [7, 11) is -3.84. The van der Waals surface area contributed by atoms with Gasteiger partial charge in [0, 0.05) is 0 Å². The third-order valence-electron chi connectivity index (χ3n) is 2.99. The highest BCUT2D eigenvalue weighted by atomic mass is 32.2. The van der Waals surface area contributed by atoms with Gasteiger partial charge in [0.2, 0.25) is 0 Å². The van der Waals surface area contributed by atoms with Crippen LogP contribution < -0.4 is 14.8 Å². The van der Waals surface area contributed by atoms with Crippen molar-refractivity contribution in [1.82, 2.24) is 0 Å². The first-order valence-corrected chi connectivity index (χ1v) is 7.77. The molecule has 1 aliphatic heterocycles. The lowest BCUT2D eigenvalue weighted by Crippen LogP contribution is -2.25. The molecule has 0 aliphatic carbocycles. The summed E-state index contributed by atoms with van der Waals surface area (Å²) in [5.74, 6) is -0.372. The first-order valence-electron chi connectivity index (χ1n) is 6.29. The molecule has 1 aliphatic rings. The zero-order valence-corrected chi connectivity index (χ0v) is 12.0. The Labute approximate surface area is 126 Å². The van der Waals surface area contributed by atoms with Gasteiger partial charge in [-0.25, -0.2) is 12.8 Å². The predicted octanol–water partition coefficient (Wildman–Crippen LogP) is 1.96. The van der Waals surface area contributed by atoms with Crippen LogP contribution in [0.5, 0.6) is 5.75 Å². The number of sulfonamides is 1. The summed E-state index contributed by atoms with van der Waals surface area (Å²) in [4.78, 5) is 11.2. The van der Waals surface area contributed by atoms with Gasteiger partial charge in [0.15, 0.2) is 6.61 Å². The third-order valence-corrected chi connectivity index (χ3v) is 4.39. The number of hydrogen-bond donors (Lipinski definition) is 2. The molecule has 6 nitrogen and oxygen atoms in total. The molecule has 0 atom stereocenters. The van der Waals surface area contributed by atoms with Crippen LogP contribution in [-0.2, 0) is 14.8 Å². The van der Waals surface area contributed by atoms with Crippen LogP contribution in [0.25, 0.3) is 0 Å². The van der Waals surface area contributed by atoms with E-state index in [1.54, 1.807) is 6.07 Å². The molecule has 114 valence electrons. The van der Waals surface area contributed by atoms with Gasteiger partial charge in [0.25, 0.3) is 15.9 Å². The minimum atomic E-state index is -3.84. The van der Waals surface area contributed by atoms with E-state index >= 15 is 0 Å². The van der Waals surface area contributed by atoms with Crippen LogP contribution in [0.15, 0.2) is 47.4 Å². The Morgan fingerprint density at radius 2 is 1.86 bits per heavy atom. The molecule has 1 amide bonds. The zero-order valence-electron chi connectivity index (χ0n) is 11.2. The Morgan fingerprint density at radius 1 is 1.14 bits per heavy atom. The summed E-state index contributed by atoms with van der Waals surface area (Å²) in [6.07, 6.45) is 0. The van der Waals surface area contributed by atoms with E-state index in [9.17, 15) is 17.6 Å². The standard InChI is InChI=1S/C14H11FN2O4S/c15-9-1-4-11(5-2-9)22(19,20)17-10-3-6-13-12(7-10)16-14(18)8-21-13/h1-7,17H,8H2,(H,16,18). The Morgan fingerprint density at radius 3 is 2.59 bits per heavy atom. The lowest BCUT2D eigenvalue weighted by molar-refractivity contribution is -0.118. The fourth-order valence-corrected chi connectivity index (χ4v) is 3.02. The second-order valence-electron chi connectivity index (χ2n) is 4.61. The number of fused-ring (bicyclic) bond motifs is 1. The minimum Gasteiger partial charge on any atom is -0.482 e. The van der Waals surface area contributed by atoms with Crippen molar-refractivity contribution in [2.45, 2.75) is 4.90 Å². The molecule has 8 heteroatoms. The lowest BCUT2D eigenvalue weighted by Gasteiger charge is -2.18. The Balaban J connectivity index is 1.88. The molecule has 2 aromatic carbocycles. The van der Waals surface area contributed by atoms with Crippen LogP contribution in [0.2, 0.25) is 0 Å². The highest BCUT2D eigenvalue weighted by Crippen LogP contribution is 2.31. The summed E-state index contributed by atoms with van der Waals surface area (Å²) in [5.41, 5.74) is 0.643. The maximum Gasteiger partial charge on any atom is 0.262 e. The van der Waals surface area contributed by atoms with Crippen LogP contribution in [0, 0.1) is 5.82 Å². The maximum absolute atomic E-state index is 12.9. The topological polar surface area (TPSA) is 84.5 Å². The normalized spacial score (nSPS) is 13.8. The zero-order chi connectivity index (χ0) is 15.7. The number of ether oxygens (including phenoxy) is 1. The van der Waals surface area contributed by atoms with Gasteiger partial charge in [-0.2, -0.15) is 0 Å². The van der Waals surface area contributed by atoms with Gasteiger partial charge in [-0.3, -0.25) is 9.52 Å². The molecule has 0 bridgehead atoms. The van der Waals surface area contributed by atoms with Crippen molar-refractivity contribution in [2.75, 3.05) is 16.6 Å². The molecule has 2 aromatic rings. The fourth-order valence-electron chi connectivity index (χ4n) is 1.97. The minimum absolute atomic E-state index is 0.0630. The van der Waals surface area contributed by atoms with E-state index in [4.69, 9.17) is 4.74 Å². The van der Waals surface area contributed by atoms with Gasteiger partial charge in [-0.05, 0) is 42.5 Å². The predicted molar refractivity (Wildman–Crippen MR) is 77.8 cm³/mol. The van der Waals surface area contributed by atoms with Crippen molar-refractivity contribution in [3.05, 3.63) is 48.3 Å². The van der Waals surface area contributed by atoms with E-state index in [-0.39, 0.29) is 23.1 Å². The van der Waals surface area contributed by atoms with Gasteiger partial charge in [-0.15, -0.1) is 0 Å². The average Bonchev–Trinajstić information content (AvgIpc) is 2.47. The number of halogens is 1. The quantitative estimate of drug-likeness (QED) is 0.904. The van der Waals surface area contributed by atoms with E-state index in [1.807, 2.05) is 0 Å². The molecule has 0 aromatic heterocycles. The van der Waals surface area contributed by atoms with Gasteiger partial charge in [0.1, 0.15) is 11.6 Å². The highest BCUT2D eigenvalue weighted by Gasteiger charge is 2.18. The molecule has 22 heavy (non-hydrogen) atoms. The third kappa shape index (κ3) is 2.86. The molecule has 0 spiro atoms. The molecule has 0 fully saturated rings. The molecule has 0 saturated heterocycles. The average molecular weight is 322 g/mol. The fraction of sp³-hybridized carbons (Fsp3) is 0.0714. The monoisotopic (exact) mass is 322 g/mol. The molecule has 0 radical (unpaired) electrons. The SMILES string of the molecule is O=C1COc2ccc(NS(=O)(=O)c3ccc(F)cc3)cc2N1. The number of carbonyl (C=O) groups is 1. The number of amides is 1. The van der Waals surface area contributed by atoms with E-state index in [0.717, 1.165) is 12.1 Å². The van der Waals surface area contributed by atoms with Crippen LogP contribution in [0.1, 0.15) is 0 Å². The smallest absolute Gasteiger partial charge is 0.262 e. The van der Waals surface area contributed by atoms with E-state index < -0.39 is 15.8 Å². The van der Waals surface area contributed by atoms with Crippen LogP contribution in [0.4, 0.5) is 15.8 Å². The molecule has 3 rings (SSSR count). The molecule has 2 N–H and O–H groups in total.